The van der Waals surface area contributed by atoms with Crippen LogP contribution >= 0.6 is 0 Å². The topological polar surface area (TPSA) is 169 Å². The third kappa shape index (κ3) is 7.20. The molecule has 0 spiro atoms. The predicted octanol–water partition coefficient (Wildman–Crippen LogP) is 1.19. The molecule has 1 saturated heterocycles. The zero-order valence-corrected chi connectivity index (χ0v) is 19.6. The number of ketones is 2. The first-order valence-corrected chi connectivity index (χ1v) is 10.8. The summed E-state index contributed by atoms with van der Waals surface area (Å²) in [6, 6.07) is 6.58. The smallest absolute Gasteiger partial charge is 0.413 e. The number of rotatable bonds is 6. The van der Waals surface area contributed by atoms with Crippen LogP contribution in [-0.2, 0) is 23.9 Å². The Morgan fingerprint density at radius 2 is 1.76 bits per heavy atom. The number of alkyl carbamates (subject to hydrolysis) is 1. The molecule has 0 aliphatic carbocycles. The molecule has 1 aromatic rings. The lowest BCUT2D eigenvalue weighted by atomic mass is 9.92. The predicted molar refractivity (Wildman–Crippen MR) is 121 cm³/mol. The largest absolute Gasteiger partial charge is 0.456 e. The van der Waals surface area contributed by atoms with Crippen LogP contribution in [0.3, 0.4) is 0 Å². The van der Waals surface area contributed by atoms with Crippen molar-refractivity contribution in [3.8, 4) is 0 Å². The highest BCUT2D eigenvalue weighted by atomic mass is 16.6. The van der Waals surface area contributed by atoms with Gasteiger partial charge in [0.25, 0.3) is 0 Å². The number of Topliss-reactive ketones (excluding diaryl/α,β-unsaturated/α-hetero) is 2. The van der Waals surface area contributed by atoms with E-state index in [9.17, 15) is 24.0 Å². The number of amidine groups is 1. The number of carbonyl (C=O) groups is 5. The molecule has 0 radical (unpaired) electrons. The van der Waals surface area contributed by atoms with Crippen molar-refractivity contribution in [3.05, 3.63) is 35.9 Å². The van der Waals surface area contributed by atoms with Gasteiger partial charge in [0.05, 0.1) is 12.1 Å². The summed E-state index contributed by atoms with van der Waals surface area (Å²) in [5.74, 6) is -4.49. The van der Waals surface area contributed by atoms with Crippen LogP contribution in [0.5, 0.6) is 0 Å². The second-order valence-corrected chi connectivity index (χ2v) is 8.95. The number of amides is 2. The first-order valence-electron chi connectivity index (χ1n) is 10.8. The van der Waals surface area contributed by atoms with Crippen molar-refractivity contribution in [2.24, 2.45) is 5.73 Å². The van der Waals surface area contributed by atoms with Crippen LogP contribution in [0, 0.1) is 5.41 Å². The first kappa shape index (κ1) is 26.7. The lowest BCUT2D eigenvalue weighted by molar-refractivity contribution is -0.158. The summed E-state index contributed by atoms with van der Waals surface area (Å²) < 4.78 is 10.2. The number of hydrogen-bond acceptors (Lipinski definition) is 9. The zero-order valence-electron chi connectivity index (χ0n) is 19.6. The van der Waals surface area contributed by atoms with E-state index in [1.54, 1.807) is 51.1 Å². The normalized spacial score (nSPS) is 18.9. The molecule has 11 nitrogen and oxygen atoms in total. The Morgan fingerprint density at radius 3 is 2.32 bits per heavy atom. The third-order valence-electron chi connectivity index (χ3n) is 4.90. The molecular formula is C23H30N4O7. The van der Waals surface area contributed by atoms with Gasteiger partial charge in [0.2, 0.25) is 5.91 Å². The van der Waals surface area contributed by atoms with Gasteiger partial charge in [0.1, 0.15) is 11.7 Å². The number of ether oxygens (including phenoxy) is 2. The van der Waals surface area contributed by atoms with Crippen LogP contribution in [-0.4, -0.2) is 70.6 Å². The number of nitrogens with zero attached hydrogens (tertiary/aromatic N) is 1. The minimum atomic E-state index is -1.37. The van der Waals surface area contributed by atoms with Crippen LogP contribution in [0.25, 0.3) is 0 Å². The highest BCUT2D eigenvalue weighted by molar-refractivity contribution is 6.63. The Labute approximate surface area is 197 Å². The van der Waals surface area contributed by atoms with Crippen molar-refractivity contribution in [3.63, 3.8) is 0 Å². The summed E-state index contributed by atoms with van der Waals surface area (Å²) in [4.78, 5) is 63.3. The molecule has 4 N–H and O–H groups in total. The molecule has 1 aromatic carbocycles. The van der Waals surface area contributed by atoms with Gasteiger partial charge in [-0.05, 0) is 27.7 Å². The lowest BCUT2D eigenvalue weighted by Crippen LogP contribution is -2.56. The van der Waals surface area contributed by atoms with Crippen molar-refractivity contribution < 1.29 is 33.4 Å². The molecule has 1 aliphatic rings. The number of esters is 1. The maximum absolute atomic E-state index is 13.1. The van der Waals surface area contributed by atoms with E-state index in [1.165, 1.54) is 11.8 Å². The van der Waals surface area contributed by atoms with E-state index in [2.05, 4.69) is 0 Å². The average Bonchev–Trinajstić information content (AvgIpc) is 2.76. The van der Waals surface area contributed by atoms with E-state index in [0.717, 1.165) is 0 Å². The standard InChI is InChI=1S/C23H30N4O7/c1-13(24)20(30)27-11-10-15(12-16(27)17(28)14-8-6-5-7-9-14)33-21(31)18(29)19(25)26-22(32)34-23(2,3)4/h5-9,13,15-16H,10-12,24H2,1-4H3,(H2,25,26,32)/t13-,15?,16?/m0/s1. The van der Waals surface area contributed by atoms with Crippen molar-refractivity contribution in [2.45, 2.75) is 64.3 Å². The first-order chi connectivity index (χ1) is 15.8. The number of benzene rings is 1. The molecule has 2 rings (SSSR count). The minimum Gasteiger partial charge on any atom is -0.456 e. The molecule has 1 fully saturated rings. The Kier molecular flexibility index (Phi) is 8.63. The fraction of sp³-hybridized carbons (Fsp3) is 0.478. The van der Waals surface area contributed by atoms with Crippen molar-refractivity contribution in [2.75, 3.05) is 6.54 Å². The molecule has 11 heteroatoms. The van der Waals surface area contributed by atoms with Gasteiger partial charge in [0, 0.05) is 24.9 Å². The summed E-state index contributed by atoms with van der Waals surface area (Å²) in [6.45, 7) is 6.40. The lowest BCUT2D eigenvalue weighted by Gasteiger charge is -2.39. The van der Waals surface area contributed by atoms with Gasteiger partial charge >= 0.3 is 17.8 Å². The van der Waals surface area contributed by atoms with Crippen molar-refractivity contribution >= 4 is 35.4 Å². The van der Waals surface area contributed by atoms with E-state index in [1.807, 2.05) is 5.32 Å². The zero-order chi connectivity index (χ0) is 25.6. The van der Waals surface area contributed by atoms with E-state index in [4.69, 9.17) is 20.6 Å². The molecule has 0 bridgehead atoms. The molecule has 3 atom stereocenters. The molecule has 0 aromatic heterocycles. The Bertz CT molecular complexity index is 969. The Balaban J connectivity index is 2.08. The quantitative estimate of drug-likeness (QED) is 0.181. The van der Waals surface area contributed by atoms with Gasteiger partial charge in [-0.25, -0.2) is 9.59 Å². The second kappa shape index (κ2) is 11.0. The second-order valence-electron chi connectivity index (χ2n) is 8.95. The van der Waals surface area contributed by atoms with Crippen LogP contribution in [0.2, 0.25) is 0 Å². The van der Waals surface area contributed by atoms with E-state index < -0.39 is 53.4 Å². The average molecular weight is 475 g/mol. The van der Waals surface area contributed by atoms with Crippen LogP contribution in [0.15, 0.2) is 30.3 Å². The fourth-order valence-electron chi connectivity index (χ4n) is 3.38. The highest BCUT2D eigenvalue weighted by Gasteiger charge is 2.39. The molecule has 2 unspecified atom stereocenters. The van der Waals surface area contributed by atoms with Gasteiger partial charge in [-0.2, -0.15) is 0 Å². The molecule has 34 heavy (non-hydrogen) atoms. The van der Waals surface area contributed by atoms with E-state index >= 15 is 0 Å². The third-order valence-corrected chi connectivity index (χ3v) is 4.90. The van der Waals surface area contributed by atoms with Crippen molar-refractivity contribution in [1.82, 2.24) is 10.2 Å². The van der Waals surface area contributed by atoms with E-state index in [0.29, 0.717) is 5.56 Å². The van der Waals surface area contributed by atoms with Crippen LogP contribution in [0.1, 0.15) is 50.9 Å². The summed E-state index contributed by atoms with van der Waals surface area (Å²) in [5, 5.41) is 9.54. The molecule has 1 aliphatic heterocycles. The van der Waals surface area contributed by atoms with Gasteiger partial charge < -0.3 is 20.1 Å². The van der Waals surface area contributed by atoms with Gasteiger partial charge in [0.15, 0.2) is 11.6 Å². The molecular weight excluding hydrogens is 444 g/mol. The Hall–Kier alpha value is -3.60. The highest BCUT2D eigenvalue weighted by Crippen LogP contribution is 2.24. The summed E-state index contributed by atoms with van der Waals surface area (Å²) in [5.41, 5.74) is 5.25. The van der Waals surface area contributed by atoms with Crippen molar-refractivity contribution in [1.29, 1.82) is 5.41 Å². The number of hydrogen-bond donors (Lipinski definition) is 3. The Morgan fingerprint density at radius 1 is 1.15 bits per heavy atom. The minimum absolute atomic E-state index is 0.0436. The van der Waals surface area contributed by atoms with Crippen LogP contribution < -0.4 is 11.1 Å². The van der Waals surface area contributed by atoms with E-state index in [-0.39, 0.29) is 25.2 Å². The summed E-state index contributed by atoms with van der Waals surface area (Å²) >= 11 is 0. The molecule has 2 amide bonds. The number of piperidine rings is 1. The summed E-state index contributed by atoms with van der Waals surface area (Å²) in [7, 11) is 0. The number of likely N-dealkylation sites (tertiary alicyclic amines) is 1. The molecule has 184 valence electrons. The number of nitrogens with one attached hydrogen (secondary N) is 2. The van der Waals surface area contributed by atoms with Gasteiger partial charge in [-0.15, -0.1) is 0 Å². The maximum Gasteiger partial charge on any atom is 0.413 e. The fourth-order valence-corrected chi connectivity index (χ4v) is 3.38. The van der Waals surface area contributed by atoms with Crippen LogP contribution in [0.4, 0.5) is 4.79 Å². The van der Waals surface area contributed by atoms with Gasteiger partial charge in [-0.1, -0.05) is 30.3 Å². The maximum atomic E-state index is 13.1. The molecule has 1 heterocycles. The number of nitrogens with two attached hydrogens (primary N) is 1. The SMILES string of the molecule is C[C@H](N)C(=O)N1CCC(OC(=O)C(=O)C(=N)NC(=O)OC(C)(C)C)CC1C(=O)c1ccccc1. The van der Waals surface area contributed by atoms with Gasteiger partial charge in [-0.3, -0.25) is 25.1 Å². The monoisotopic (exact) mass is 474 g/mol. The summed E-state index contributed by atoms with van der Waals surface area (Å²) in [6.07, 6.45) is -1.79. The number of carbonyl (C=O) groups excluding carboxylic acids is 5. The molecule has 0 saturated carbocycles.